The Bertz CT molecular complexity index is 885. The SMILES string of the molecule is CC(C)(C)C(=O)COC(=O)c1nc(-c2ccccc2)n(-c2ccccc2)n1. The number of ketones is 1. The first-order valence-electron chi connectivity index (χ1n) is 8.64. The number of carbonyl (C=O) groups excluding carboxylic acids is 2. The van der Waals surface area contributed by atoms with Crippen LogP contribution < -0.4 is 0 Å². The highest BCUT2D eigenvalue weighted by molar-refractivity contribution is 5.90. The van der Waals surface area contributed by atoms with Crippen LogP contribution in [0, 0.1) is 5.41 Å². The Labute approximate surface area is 157 Å². The first kappa shape index (κ1) is 18.5. The molecule has 3 aromatic rings. The van der Waals surface area contributed by atoms with Crippen molar-refractivity contribution >= 4 is 11.8 Å². The molecule has 138 valence electrons. The first-order chi connectivity index (χ1) is 12.9. The number of Topliss-reactive ketones (excluding diaryl/α,β-unsaturated/α-hetero) is 1. The highest BCUT2D eigenvalue weighted by Crippen LogP contribution is 2.21. The summed E-state index contributed by atoms with van der Waals surface area (Å²) in [6, 6.07) is 18.9. The lowest BCUT2D eigenvalue weighted by atomic mass is 9.91. The molecule has 6 heteroatoms. The number of benzene rings is 2. The van der Waals surface area contributed by atoms with E-state index < -0.39 is 11.4 Å². The largest absolute Gasteiger partial charge is 0.452 e. The van der Waals surface area contributed by atoms with Crippen LogP contribution in [0.3, 0.4) is 0 Å². The summed E-state index contributed by atoms with van der Waals surface area (Å²) in [4.78, 5) is 28.7. The topological polar surface area (TPSA) is 74.1 Å². The van der Waals surface area contributed by atoms with Crippen molar-refractivity contribution in [2.24, 2.45) is 5.41 Å². The highest BCUT2D eigenvalue weighted by atomic mass is 16.5. The van der Waals surface area contributed by atoms with Crippen LogP contribution in [0.5, 0.6) is 0 Å². The quantitative estimate of drug-likeness (QED) is 0.646. The molecule has 1 aromatic heterocycles. The lowest BCUT2D eigenvalue weighted by molar-refractivity contribution is -0.129. The summed E-state index contributed by atoms with van der Waals surface area (Å²) in [5, 5.41) is 4.32. The van der Waals surface area contributed by atoms with Gasteiger partial charge in [-0.25, -0.2) is 14.5 Å². The molecule has 3 rings (SSSR count). The zero-order valence-corrected chi connectivity index (χ0v) is 15.5. The van der Waals surface area contributed by atoms with E-state index in [-0.39, 0.29) is 18.2 Å². The molecule has 0 fully saturated rings. The third-order valence-electron chi connectivity index (χ3n) is 3.99. The summed E-state index contributed by atoms with van der Waals surface area (Å²) in [6.07, 6.45) is 0. The minimum atomic E-state index is -0.723. The Balaban J connectivity index is 1.92. The molecule has 0 aliphatic carbocycles. The Hall–Kier alpha value is -3.28. The normalized spacial score (nSPS) is 11.2. The van der Waals surface area contributed by atoms with E-state index in [9.17, 15) is 9.59 Å². The van der Waals surface area contributed by atoms with Gasteiger partial charge in [0.15, 0.2) is 18.2 Å². The van der Waals surface area contributed by atoms with Crippen LogP contribution >= 0.6 is 0 Å². The maximum absolute atomic E-state index is 12.4. The number of para-hydroxylation sites is 1. The first-order valence-corrected chi connectivity index (χ1v) is 8.64. The third-order valence-corrected chi connectivity index (χ3v) is 3.99. The van der Waals surface area contributed by atoms with E-state index in [1.807, 2.05) is 60.7 Å². The van der Waals surface area contributed by atoms with E-state index in [1.54, 1.807) is 25.5 Å². The van der Waals surface area contributed by atoms with Crippen molar-refractivity contribution in [1.82, 2.24) is 14.8 Å². The fourth-order valence-electron chi connectivity index (χ4n) is 2.33. The summed E-state index contributed by atoms with van der Waals surface area (Å²) in [5.41, 5.74) is 1.01. The van der Waals surface area contributed by atoms with Crippen molar-refractivity contribution in [3.63, 3.8) is 0 Å². The fourth-order valence-corrected chi connectivity index (χ4v) is 2.33. The number of aromatic nitrogens is 3. The smallest absolute Gasteiger partial charge is 0.378 e. The maximum Gasteiger partial charge on any atom is 0.378 e. The Kier molecular flexibility index (Phi) is 5.16. The van der Waals surface area contributed by atoms with Crippen LogP contribution in [-0.2, 0) is 9.53 Å². The number of ether oxygens (including phenoxy) is 1. The van der Waals surface area contributed by atoms with Gasteiger partial charge >= 0.3 is 5.97 Å². The van der Waals surface area contributed by atoms with Crippen LogP contribution in [0.15, 0.2) is 60.7 Å². The summed E-state index contributed by atoms with van der Waals surface area (Å²) in [5.74, 6) is -0.448. The summed E-state index contributed by atoms with van der Waals surface area (Å²) < 4.78 is 6.72. The fraction of sp³-hybridized carbons (Fsp3) is 0.238. The summed E-state index contributed by atoms with van der Waals surface area (Å²) in [6.45, 7) is 5.03. The predicted molar refractivity (Wildman–Crippen MR) is 102 cm³/mol. The number of esters is 1. The zero-order chi connectivity index (χ0) is 19.4. The average Bonchev–Trinajstić information content (AvgIpc) is 3.12. The third kappa shape index (κ3) is 4.28. The minimum absolute atomic E-state index is 0.0839. The highest BCUT2D eigenvalue weighted by Gasteiger charge is 2.25. The number of hydrogen-bond donors (Lipinski definition) is 0. The second-order valence-corrected chi connectivity index (χ2v) is 7.12. The summed E-state index contributed by atoms with van der Waals surface area (Å²) in [7, 11) is 0. The minimum Gasteiger partial charge on any atom is -0.452 e. The van der Waals surface area contributed by atoms with Gasteiger partial charge in [0.05, 0.1) is 5.69 Å². The molecule has 0 radical (unpaired) electrons. The molecule has 2 aromatic carbocycles. The van der Waals surface area contributed by atoms with Gasteiger partial charge in [0.25, 0.3) is 5.82 Å². The molecule has 0 saturated heterocycles. The molecule has 0 saturated carbocycles. The number of carbonyl (C=O) groups is 2. The molecule has 1 heterocycles. The summed E-state index contributed by atoms with van der Waals surface area (Å²) >= 11 is 0. The molecule has 0 bridgehead atoms. The van der Waals surface area contributed by atoms with Crippen molar-refractivity contribution in [2.45, 2.75) is 20.8 Å². The van der Waals surface area contributed by atoms with E-state index in [1.165, 1.54) is 0 Å². The molecule has 6 nitrogen and oxygen atoms in total. The van der Waals surface area contributed by atoms with Gasteiger partial charge in [-0.3, -0.25) is 4.79 Å². The number of rotatable bonds is 5. The van der Waals surface area contributed by atoms with Crippen LogP contribution in [0.2, 0.25) is 0 Å². The van der Waals surface area contributed by atoms with Gasteiger partial charge in [0.2, 0.25) is 0 Å². The Morgan fingerprint density at radius 2 is 1.56 bits per heavy atom. The average molecular weight is 363 g/mol. The van der Waals surface area contributed by atoms with Crippen molar-refractivity contribution in [3.8, 4) is 17.1 Å². The molecule has 27 heavy (non-hydrogen) atoms. The van der Waals surface area contributed by atoms with Crippen molar-refractivity contribution < 1.29 is 14.3 Å². The second kappa shape index (κ2) is 7.53. The van der Waals surface area contributed by atoms with E-state index in [0.717, 1.165) is 11.3 Å². The van der Waals surface area contributed by atoms with Crippen molar-refractivity contribution in [1.29, 1.82) is 0 Å². The van der Waals surface area contributed by atoms with Crippen molar-refractivity contribution in [3.05, 3.63) is 66.5 Å². The number of nitrogens with zero attached hydrogens (tertiary/aromatic N) is 3. The molecular formula is C21H21N3O3. The van der Waals surface area contributed by atoms with Crippen molar-refractivity contribution in [2.75, 3.05) is 6.61 Å². The molecule has 0 unspecified atom stereocenters. The Morgan fingerprint density at radius 3 is 2.15 bits per heavy atom. The molecule has 0 aliphatic rings. The lowest BCUT2D eigenvalue weighted by Gasteiger charge is -2.15. The van der Waals surface area contributed by atoms with Gasteiger partial charge in [-0.2, -0.15) is 0 Å². The van der Waals surface area contributed by atoms with E-state index in [4.69, 9.17) is 4.74 Å². The van der Waals surface area contributed by atoms with E-state index in [0.29, 0.717) is 5.82 Å². The second-order valence-electron chi connectivity index (χ2n) is 7.12. The van der Waals surface area contributed by atoms with E-state index >= 15 is 0 Å². The standard InChI is InChI=1S/C21H21N3O3/c1-21(2,3)17(25)14-27-20(26)18-22-19(15-10-6-4-7-11-15)24(23-18)16-12-8-5-9-13-16/h4-13H,14H2,1-3H3. The maximum atomic E-state index is 12.4. The monoisotopic (exact) mass is 363 g/mol. The zero-order valence-electron chi connectivity index (χ0n) is 15.5. The molecule has 0 N–H and O–H groups in total. The van der Waals surface area contributed by atoms with Crippen LogP contribution in [0.25, 0.3) is 17.1 Å². The molecular weight excluding hydrogens is 342 g/mol. The number of hydrogen-bond acceptors (Lipinski definition) is 5. The van der Waals surface area contributed by atoms with Gasteiger partial charge in [0.1, 0.15) is 0 Å². The molecule has 0 atom stereocenters. The molecule has 0 aliphatic heterocycles. The van der Waals surface area contributed by atoms with Gasteiger partial charge in [0, 0.05) is 11.0 Å². The van der Waals surface area contributed by atoms with Gasteiger partial charge < -0.3 is 4.74 Å². The van der Waals surface area contributed by atoms with Crippen LogP contribution in [0.1, 0.15) is 31.4 Å². The molecule has 0 amide bonds. The lowest BCUT2D eigenvalue weighted by Crippen LogP contribution is -2.26. The Morgan fingerprint density at radius 1 is 0.963 bits per heavy atom. The van der Waals surface area contributed by atoms with Crippen LogP contribution in [0.4, 0.5) is 0 Å². The molecule has 0 spiro atoms. The van der Waals surface area contributed by atoms with Gasteiger partial charge in [-0.15, -0.1) is 5.10 Å². The van der Waals surface area contributed by atoms with Gasteiger partial charge in [-0.1, -0.05) is 69.3 Å². The van der Waals surface area contributed by atoms with Gasteiger partial charge in [-0.05, 0) is 12.1 Å². The predicted octanol–water partition coefficient (Wildman–Crippen LogP) is 3.71. The van der Waals surface area contributed by atoms with Crippen LogP contribution in [-0.4, -0.2) is 33.1 Å². The van der Waals surface area contributed by atoms with E-state index in [2.05, 4.69) is 10.1 Å².